The maximum absolute atomic E-state index is 12.7. The van der Waals surface area contributed by atoms with Crippen LogP contribution in [0.15, 0.2) is 24.3 Å². The van der Waals surface area contributed by atoms with Gasteiger partial charge >= 0.3 is 5.97 Å². The molecule has 8 heteroatoms. The Bertz CT molecular complexity index is 1020. The van der Waals surface area contributed by atoms with Crippen molar-refractivity contribution in [2.24, 2.45) is 11.8 Å². The molecule has 156 valence electrons. The van der Waals surface area contributed by atoms with Crippen LogP contribution in [0, 0.1) is 11.8 Å². The molecule has 2 aliphatic heterocycles. The van der Waals surface area contributed by atoms with Crippen LogP contribution < -0.4 is 18.9 Å². The van der Waals surface area contributed by atoms with Gasteiger partial charge in [-0.15, -0.1) is 0 Å². The lowest BCUT2D eigenvalue weighted by atomic mass is 9.66. The van der Waals surface area contributed by atoms with E-state index < -0.39 is 23.9 Å². The molecule has 0 saturated carbocycles. The molecule has 1 unspecified atom stereocenters. The summed E-state index contributed by atoms with van der Waals surface area (Å²) < 4.78 is 27.2. The molecule has 3 aliphatic rings. The Labute approximate surface area is 172 Å². The van der Waals surface area contributed by atoms with Gasteiger partial charge in [-0.1, -0.05) is 0 Å². The maximum atomic E-state index is 12.7. The van der Waals surface area contributed by atoms with Crippen molar-refractivity contribution in [3.63, 3.8) is 0 Å². The van der Waals surface area contributed by atoms with E-state index >= 15 is 0 Å². The first-order chi connectivity index (χ1) is 14.6. The predicted molar refractivity (Wildman–Crippen MR) is 102 cm³/mol. The number of cyclic esters (lactones) is 1. The van der Waals surface area contributed by atoms with Gasteiger partial charge in [0.2, 0.25) is 6.79 Å². The Morgan fingerprint density at radius 2 is 1.63 bits per heavy atom. The molecular formula is C22H20O8. The number of carbonyl (C=O) groups excluding carboxylic acids is 2. The number of aliphatic hydroxyl groups is 1. The number of hydrogen-bond donors (Lipinski definition) is 1. The monoisotopic (exact) mass is 412 g/mol. The quantitative estimate of drug-likeness (QED) is 0.603. The normalized spacial score (nSPS) is 25.9. The van der Waals surface area contributed by atoms with Crippen molar-refractivity contribution in [3.05, 3.63) is 46.5 Å². The number of rotatable bonds is 4. The minimum absolute atomic E-state index is 0.101. The summed E-state index contributed by atoms with van der Waals surface area (Å²) in [6.45, 7) is 0.235. The van der Waals surface area contributed by atoms with Crippen molar-refractivity contribution in [3.8, 4) is 23.0 Å². The Balaban J connectivity index is 1.75. The van der Waals surface area contributed by atoms with E-state index in [4.69, 9.17) is 23.7 Å². The van der Waals surface area contributed by atoms with Crippen molar-refractivity contribution in [2.75, 3.05) is 27.6 Å². The fourth-order valence-electron chi connectivity index (χ4n) is 4.79. The number of fused-ring (bicyclic) bond motifs is 3. The lowest BCUT2D eigenvalue weighted by Crippen LogP contribution is -2.34. The fourth-order valence-corrected chi connectivity index (χ4v) is 4.79. The number of aldehydes is 1. The second-order valence-electron chi connectivity index (χ2n) is 7.53. The van der Waals surface area contributed by atoms with Gasteiger partial charge in [-0.05, 0) is 41.0 Å². The van der Waals surface area contributed by atoms with Crippen molar-refractivity contribution >= 4 is 12.3 Å². The Hall–Kier alpha value is -3.26. The molecule has 0 bridgehead atoms. The summed E-state index contributed by atoms with van der Waals surface area (Å²) in [6, 6.07) is 7.03. The van der Waals surface area contributed by atoms with Crippen LogP contribution in [0.3, 0.4) is 0 Å². The molecule has 0 aromatic heterocycles. The molecule has 5 rings (SSSR count). The highest BCUT2D eigenvalue weighted by molar-refractivity contribution is 5.85. The van der Waals surface area contributed by atoms with E-state index in [9.17, 15) is 14.7 Å². The van der Waals surface area contributed by atoms with Crippen molar-refractivity contribution in [2.45, 2.75) is 12.0 Å². The molecule has 2 aromatic carbocycles. The van der Waals surface area contributed by atoms with E-state index in [1.165, 1.54) is 14.2 Å². The molecule has 0 radical (unpaired) electrons. The number of benzene rings is 2. The molecule has 1 saturated heterocycles. The minimum Gasteiger partial charge on any atom is -0.496 e. The van der Waals surface area contributed by atoms with E-state index in [0.29, 0.717) is 34.8 Å². The number of esters is 1. The van der Waals surface area contributed by atoms with Gasteiger partial charge in [-0.2, -0.15) is 0 Å². The van der Waals surface area contributed by atoms with Crippen LogP contribution in [0.25, 0.3) is 0 Å². The van der Waals surface area contributed by atoms with E-state index in [1.807, 2.05) is 0 Å². The smallest absolute Gasteiger partial charge is 0.310 e. The first-order valence-corrected chi connectivity index (χ1v) is 9.56. The molecule has 8 nitrogen and oxygen atoms in total. The average molecular weight is 412 g/mol. The first-order valence-electron chi connectivity index (χ1n) is 9.56. The number of ether oxygens (including phenoxy) is 5. The summed E-state index contributed by atoms with van der Waals surface area (Å²) in [4.78, 5) is 24.3. The molecule has 30 heavy (non-hydrogen) atoms. The second kappa shape index (κ2) is 6.91. The first kappa shape index (κ1) is 18.7. The molecular weight excluding hydrogens is 392 g/mol. The minimum atomic E-state index is -0.875. The summed E-state index contributed by atoms with van der Waals surface area (Å²) in [5.74, 6) is -0.0130. The molecule has 0 amide bonds. The standard InChI is InChI=1S/C22H20O8/c1-26-15-3-10(4-16(27-2)13(15)7-23)19-11-5-17-18(30-9-29-17)6-12(11)21(24)14-8-28-22(25)20(14)19/h3-7,14,19-21,24H,8-9H2,1-2H3/t14-,19?,20+,21-/m0/s1. The largest absolute Gasteiger partial charge is 0.496 e. The zero-order valence-corrected chi connectivity index (χ0v) is 16.4. The molecule has 2 heterocycles. The Morgan fingerprint density at radius 1 is 1.00 bits per heavy atom. The van der Waals surface area contributed by atoms with E-state index in [2.05, 4.69) is 0 Å². The fraction of sp³-hybridized carbons (Fsp3) is 0.364. The number of carbonyl (C=O) groups is 2. The summed E-state index contributed by atoms with van der Waals surface area (Å²) in [5, 5.41) is 11.0. The van der Waals surface area contributed by atoms with E-state index in [0.717, 1.165) is 11.1 Å². The molecule has 1 fully saturated rings. The van der Waals surface area contributed by atoms with Crippen LogP contribution in [-0.4, -0.2) is 45.0 Å². The molecule has 1 aliphatic carbocycles. The van der Waals surface area contributed by atoms with Crippen molar-refractivity contribution < 1.29 is 38.4 Å². The maximum Gasteiger partial charge on any atom is 0.310 e. The third-order valence-corrected chi connectivity index (χ3v) is 6.19. The van der Waals surface area contributed by atoms with Gasteiger partial charge in [0.1, 0.15) is 11.5 Å². The van der Waals surface area contributed by atoms with Gasteiger partial charge in [0.15, 0.2) is 17.8 Å². The molecule has 1 N–H and O–H groups in total. The van der Waals surface area contributed by atoms with Gasteiger partial charge in [-0.3, -0.25) is 9.59 Å². The van der Waals surface area contributed by atoms with Crippen LogP contribution in [0.4, 0.5) is 0 Å². The van der Waals surface area contributed by atoms with Crippen molar-refractivity contribution in [1.82, 2.24) is 0 Å². The van der Waals surface area contributed by atoms with E-state index in [-0.39, 0.29) is 24.9 Å². The predicted octanol–water partition coefficient (Wildman–Crippen LogP) is 2.21. The third kappa shape index (κ3) is 2.56. The number of hydrogen-bond acceptors (Lipinski definition) is 8. The Kier molecular flexibility index (Phi) is 4.32. The second-order valence-corrected chi connectivity index (χ2v) is 7.53. The summed E-state index contributed by atoms with van der Waals surface area (Å²) in [5.41, 5.74) is 2.42. The van der Waals surface area contributed by atoms with Crippen LogP contribution in [0.1, 0.15) is 39.1 Å². The van der Waals surface area contributed by atoms with Crippen LogP contribution >= 0.6 is 0 Å². The van der Waals surface area contributed by atoms with Gasteiger partial charge in [0, 0.05) is 11.8 Å². The van der Waals surface area contributed by atoms with Gasteiger partial charge < -0.3 is 28.8 Å². The van der Waals surface area contributed by atoms with Gasteiger partial charge in [-0.25, -0.2) is 0 Å². The summed E-state index contributed by atoms with van der Waals surface area (Å²) >= 11 is 0. The summed E-state index contributed by atoms with van der Waals surface area (Å²) in [7, 11) is 2.93. The van der Waals surface area contributed by atoms with Crippen LogP contribution in [-0.2, 0) is 9.53 Å². The molecule has 0 spiro atoms. The lowest BCUT2D eigenvalue weighted by molar-refractivity contribution is -0.141. The zero-order chi connectivity index (χ0) is 21.0. The SMILES string of the molecule is COc1cc(C2c3cc4c(cc3[C@H](O)[C@H]3COC(=O)[C@@H]23)OCO4)cc(OC)c1C=O. The summed E-state index contributed by atoms with van der Waals surface area (Å²) in [6.07, 6.45) is -0.203. The highest BCUT2D eigenvalue weighted by atomic mass is 16.7. The number of aliphatic hydroxyl groups excluding tert-OH is 1. The van der Waals surface area contributed by atoms with Gasteiger partial charge in [0.05, 0.1) is 38.4 Å². The lowest BCUT2D eigenvalue weighted by Gasteiger charge is -2.37. The Morgan fingerprint density at radius 3 is 2.23 bits per heavy atom. The highest BCUT2D eigenvalue weighted by Crippen LogP contribution is 2.54. The third-order valence-electron chi connectivity index (χ3n) is 6.19. The van der Waals surface area contributed by atoms with Crippen LogP contribution in [0.2, 0.25) is 0 Å². The van der Waals surface area contributed by atoms with Gasteiger partial charge in [0.25, 0.3) is 0 Å². The molecule has 4 atom stereocenters. The average Bonchev–Trinajstić information content (AvgIpc) is 3.38. The van der Waals surface area contributed by atoms with E-state index in [1.54, 1.807) is 24.3 Å². The zero-order valence-electron chi connectivity index (χ0n) is 16.4. The topological polar surface area (TPSA) is 101 Å². The molecule has 2 aromatic rings. The highest BCUT2D eigenvalue weighted by Gasteiger charge is 2.52. The van der Waals surface area contributed by atoms with Crippen molar-refractivity contribution in [1.29, 1.82) is 0 Å². The van der Waals surface area contributed by atoms with Crippen LogP contribution in [0.5, 0.6) is 23.0 Å². The number of methoxy groups -OCH3 is 2.